The topological polar surface area (TPSA) is 64.4 Å². The SMILES string of the molecule is NC(N)=Nc1ccc(Br)c2ccccc12. The smallest absolute Gasteiger partial charge is 0.191 e. The number of aliphatic imine (C=N–C) groups is 1. The van der Waals surface area contributed by atoms with Crippen LogP contribution < -0.4 is 11.5 Å². The van der Waals surface area contributed by atoms with Crippen LogP contribution >= 0.6 is 15.9 Å². The third-order valence-corrected chi connectivity index (χ3v) is 2.79. The molecule has 0 heterocycles. The van der Waals surface area contributed by atoms with Crippen molar-refractivity contribution in [2.75, 3.05) is 0 Å². The molecular formula is C11H10BrN3. The van der Waals surface area contributed by atoms with Gasteiger partial charge in [-0.3, -0.25) is 0 Å². The molecule has 0 saturated heterocycles. The Morgan fingerprint density at radius 2 is 1.67 bits per heavy atom. The Bertz CT molecular complexity index is 530. The summed E-state index contributed by atoms with van der Waals surface area (Å²) in [6.07, 6.45) is 0. The fraction of sp³-hybridized carbons (Fsp3) is 0. The van der Waals surface area contributed by atoms with Crippen molar-refractivity contribution in [1.82, 2.24) is 0 Å². The van der Waals surface area contributed by atoms with Crippen LogP contribution in [0.5, 0.6) is 0 Å². The fourth-order valence-electron chi connectivity index (χ4n) is 1.48. The Morgan fingerprint density at radius 1 is 1.00 bits per heavy atom. The van der Waals surface area contributed by atoms with E-state index in [1.807, 2.05) is 36.4 Å². The number of benzene rings is 2. The van der Waals surface area contributed by atoms with Crippen molar-refractivity contribution in [3.05, 3.63) is 40.9 Å². The van der Waals surface area contributed by atoms with E-state index in [1.165, 1.54) is 0 Å². The number of nitrogens with zero attached hydrogens (tertiary/aromatic N) is 1. The zero-order valence-electron chi connectivity index (χ0n) is 7.94. The molecule has 0 fully saturated rings. The molecule has 0 bridgehead atoms. The van der Waals surface area contributed by atoms with Crippen molar-refractivity contribution < 1.29 is 0 Å². The molecule has 0 aliphatic heterocycles. The average Bonchev–Trinajstić information content (AvgIpc) is 2.22. The summed E-state index contributed by atoms with van der Waals surface area (Å²) < 4.78 is 1.03. The van der Waals surface area contributed by atoms with Gasteiger partial charge in [0.1, 0.15) is 0 Å². The van der Waals surface area contributed by atoms with Crippen molar-refractivity contribution >= 4 is 38.3 Å². The zero-order valence-corrected chi connectivity index (χ0v) is 9.53. The molecule has 0 radical (unpaired) electrons. The summed E-state index contributed by atoms with van der Waals surface area (Å²) in [4.78, 5) is 4.08. The lowest BCUT2D eigenvalue weighted by Gasteiger charge is -2.04. The van der Waals surface area contributed by atoms with Gasteiger partial charge in [0.2, 0.25) is 0 Å². The maximum absolute atomic E-state index is 5.37. The molecule has 0 spiro atoms. The van der Waals surface area contributed by atoms with Gasteiger partial charge < -0.3 is 11.5 Å². The van der Waals surface area contributed by atoms with E-state index in [9.17, 15) is 0 Å². The summed E-state index contributed by atoms with van der Waals surface area (Å²) >= 11 is 3.49. The van der Waals surface area contributed by atoms with Gasteiger partial charge in [0.25, 0.3) is 0 Å². The highest BCUT2D eigenvalue weighted by atomic mass is 79.9. The van der Waals surface area contributed by atoms with Crippen LogP contribution in [-0.4, -0.2) is 5.96 Å². The molecule has 2 aromatic carbocycles. The zero-order chi connectivity index (χ0) is 10.8. The van der Waals surface area contributed by atoms with Crippen molar-refractivity contribution in [1.29, 1.82) is 0 Å². The minimum atomic E-state index is 0.0717. The molecule has 4 N–H and O–H groups in total. The van der Waals surface area contributed by atoms with E-state index in [1.54, 1.807) is 0 Å². The summed E-state index contributed by atoms with van der Waals surface area (Å²) in [6, 6.07) is 11.8. The second kappa shape index (κ2) is 3.90. The van der Waals surface area contributed by atoms with Crippen LogP contribution in [0, 0.1) is 0 Å². The highest BCUT2D eigenvalue weighted by Crippen LogP contribution is 2.31. The van der Waals surface area contributed by atoms with Gasteiger partial charge in [-0.25, -0.2) is 4.99 Å². The third kappa shape index (κ3) is 1.94. The highest BCUT2D eigenvalue weighted by molar-refractivity contribution is 9.10. The minimum absolute atomic E-state index is 0.0717. The first-order valence-electron chi connectivity index (χ1n) is 4.45. The molecule has 15 heavy (non-hydrogen) atoms. The highest BCUT2D eigenvalue weighted by Gasteiger charge is 2.02. The Labute approximate surface area is 95.9 Å². The molecule has 0 aliphatic carbocycles. The molecule has 0 atom stereocenters. The maximum Gasteiger partial charge on any atom is 0.191 e. The number of hydrogen-bond acceptors (Lipinski definition) is 1. The van der Waals surface area contributed by atoms with Gasteiger partial charge in [0.05, 0.1) is 5.69 Å². The Balaban J connectivity index is 2.77. The second-order valence-corrected chi connectivity index (χ2v) is 4.00. The lowest BCUT2D eigenvalue weighted by Crippen LogP contribution is -2.21. The van der Waals surface area contributed by atoms with Crippen LogP contribution in [0.4, 0.5) is 5.69 Å². The third-order valence-electron chi connectivity index (χ3n) is 2.10. The molecule has 0 aromatic heterocycles. The molecule has 76 valence electrons. The Hall–Kier alpha value is -1.55. The van der Waals surface area contributed by atoms with Crippen LogP contribution in [0.25, 0.3) is 10.8 Å². The second-order valence-electron chi connectivity index (χ2n) is 3.15. The van der Waals surface area contributed by atoms with E-state index >= 15 is 0 Å². The van der Waals surface area contributed by atoms with Crippen LogP contribution in [0.3, 0.4) is 0 Å². The van der Waals surface area contributed by atoms with Crippen LogP contribution in [-0.2, 0) is 0 Å². The monoisotopic (exact) mass is 263 g/mol. The number of rotatable bonds is 1. The van der Waals surface area contributed by atoms with E-state index in [2.05, 4.69) is 20.9 Å². The van der Waals surface area contributed by atoms with Crippen molar-refractivity contribution in [2.45, 2.75) is 0 Å². The number of nitrogens with two attached hydrogens (primary N) is 2. The quantitative estimate of drug-likeness (QED) is 0.614. The molecular weight excluding hydrogens is 254 g/mol. The van der Waals surface area contributed by atoms with Gasteiger partial charge in [0, 0.05) is 9.86 Å². The molecule has 0 unspecified atom stereocenters. The summed E-state index contributed by atoms with van der Waals surface area (Å²) in [6.45, 7) is 0. The van der Waals surface area contributed by atoms with Crippen molar-refractivity contribution in [3.63, 3.8) is 0 Å². The first-order chi connectivity index (χ1) is 7.18. The minimum Gasteiger partial charge on any atom is -0.370 e. The van der Waals surface area contributed by atoms with Crippen LogP contribution in [0.15, 0.2) is 45.9 Å². The van der Waals surface area contributed by atoms with E-state index < -0.39 is 0 Å². The molecule has 0 aliphatic rings. The molecule has 4 heteroatoms. The number of guanidine groups is 1. The summed E-state index contributed by atoms with van der Waals surface area (Å²) in [5.74, 6) is 0.0717. The van der Waals surface area contributed by atoms with Crippen molar-refractivity contribution in [3.8, 4) is 0 Å². The average molecular weight is 264 g/mol. The molecule has 0 saturated carbocycles. The van der Waals surface area contributed by atoms with Crippen LogP contribution in [0.2, 0.25) is 0 Å². The van der Waals surface area contributed by atoms with Gasteiger partial charge in [-0.05, 0) is 17.5 Å². The van der Waals surface area contributed by atoms with Gasteiger partial charge in [0.15, 0.2) is 5.96 Å². The van der Waals surface area contributed by atoms with E-state index in [4.69, 9.17) is 11.5 Å². The van der Waals surface area contributed by atoms with E-state index in [0.29, 0.717) is 0 Å². The first-order valence-corrected chi connectivity index (χ1v) is 5.24. The number of fused-ring (bicyclic) bond motifs is 1. The molecule has 3 nitrogen and oxygen atoms in total. The lowest BCUT2D eigenvalue weighted by atomic mass is 10.1. The number of halogens is 1. The predicted octanol–water partition coefficient (Wildman–Crippen LogP) is 2.51. The maximum atomic E-state index is 5.37. The fourth-order valence-corrected chi connectivity index (χ4v) is 1.96. The Morgan fingerprint density at radius 3 is 2.33 bits per heavy atom. The normalized spacial score (nSPS) is 10.2. The molecule has 0 amide bonds. The molecule has 2 aromatic rings. The van der Waals surface area contributed by atoms with Gasteiger partial charge >= 0.3 is 0 Å². The predicted molar refractivity (Wildman–Crippen MR) is 67.1 cm³/mol. The van der Waals surface area contributed by atoms with Crippen LogP contribution in [0.1, 0.15) is 0 Å². The Kier molecular flexibility index (Phi) is 2.60. The first kappa shape index (κ1) is 9.98. The standard InChI is InChI=1S/C11H10BrN3/c12-9-5-6-10(15-11(13)14)8-4-2-1-3-7(8)9/h1-6H,(H4,13,14,15). The van der Waals surface area contributed by atoms with Crippen molar-refractivity contribution in [2.24, 2.45) is 16.5 Å². The van der Waals surface area contributed by atoms with Gasteiger partial charge in [-0.1, -0.05) is 40.2 Å². The van der Waals surface area contributed by atoms with E-state index in [0.717, 1.165) is 20.9 Å². The lowest BCUT2D eigenvalue weighted by molar-refractivity contribution is 1.44. The van der Waals surface area contributed by atoms with Gasteiger partial charge in [-0.2, -0.15) is 0 Å². The van der Waals surface area contributed by atoms with Gasteiger partial charge in [-0.15, -0.1) is 0 Å². The largest absolute Gasteiger partial charge is 0.370 e. The summed E-state index contributed by atoms with van der Waals surface area (Å²) in [7, 11) is 0. The molecule has 2 rings (SSSR count). The summed E-state index contributed by atoms with van der Waals surface area (Å²) in [5.41, 5.74) is 11.5. The van der Waals surface area contributed by atoms with E-state index in [-0.39, 0.29) is 5.96 Å². The summed E-state index contributed by atoms with van der Waals surface area (Å²) in [5, 5.41) is 2.13. The number of hydrogen-bond donors (Lipinski definition) is 2.